The average molecular weight is 508 g/mol. The van der Waals surface area contributed by atoms with Crippen LogP contribution >= 0.6 is 0 Å². The third-order valence-corrected chi connectivity index (χ3v) is 6.12. The fourth-order valence-corrected chi connectivity index (χ4v) is 4.25. The third-order valence-electron chi connectivity index (χ3n) is 6.12. The van der Waals surface area contributed by atoms with E-state index in [1.165, 1.54) is 21.3 Å². The molecule has 1 atom stereocenters. The molecule has 4 aromatic carbocycles. The van der Waals surface area contributed by atoms with Crippen molar-refractivity contribution in [2.75, 3.05) is 26.6 Å². The molecule has 0 aliphatic carbocycles. The van der Waals surface area contributed by atoms with E-state index in [0.29, 0.717) is 45.2 Å². The molecule has 0 aromatic heterocycles. The molecule has 0 aliphatic heterocycles. The van der Waals surface area contributed by atoms with Crippen molar-refractivity contribution in [3.8, 4) is 17.2 Å². The van der Waals surface area contributed by atoms with Crippen LogP contribution in [0.4, 0.5) is 5.69 Å². The second kappa shape index (κ2) is 12.4. The van der Waals surface area contributed by atoms with Crippen LogP contribution in [0.25, 0.3) is 0 Å². The van der Waals surface area contributed by atoms with Crippen LogP contribution in [-0.4, -0.2) is 32.9 Å². The number of allylic oxidation sites excluding steroid dienone is 1. The molecular formula is C32H29NO5. The van der Waals surface area contributed by atoms with Gasteiger partial charge in [0.15, 0.2) is 23.1 Å². The van der Waals surface area contributed by atoms with Crippen molar-refractivity contribution < 1.29 is 23.8 Å². The summed E-state index contributed by atoms with van der Waals surface area (Å²) >= 11 is 0. The number of ether oxygens (including phenoxy) is 3. The zero-order valence-corrected chi connectivity index (χ0v) is 21.5. The summed E-state index contributed by atoms with van der Waals surface area (Å²) in [5.41, 5.74) is 2.60. The first kappa shape index (κ1) is 26.2. The van der Waals surface area contributed by atoms with Gasteiger partial charge in [-0.3, -0.25) is 9.59 Å². The lowest BCUT2D eigenvalue weighted by Crippen LogP contribution is -2.22. The summed E-state index contributed by atoms with van der Waals surface area (Å²) in [4.78, 5) is 27.9. The van der Waals surface area contributed by atoms with Crippen molar-refractivity contribution in [2.45, 2.75) is 5.92 Å². The zero-order valence-electron chi connectivity index (χ0n) is 21.5. The molecule has 6 nitrogen and oxygen atoms in total. The molecular weight excluding hydrogens is 478 g/mol. The number of hydrogen-bond acceptors (Lipinski definition) is 6. The Hall–Kier alpha value is -4.84. The number of ketones is 2. The number of methoxy groups -OCH3 is 3. The number of carbonyl (C=O) groups excluding carboxylic acids is 2. The van der Waals surface area contributed by atoms with Gasteiger partial charge in [0.05, 0.1) is 27.2 Å². The van der Waals surface area contributed by atoms with Gasteiger partial charge < -0.3 is 19.5 Å². The van der Waals surface area contributed by atoms with Gasteiger partial charge in [-0.25, -0.2) is 0 Å². The zero-order chi connectivity index (χ0) is 26.9. The number of anilines is 1. The molecule has 0 heterocycles. The van der Waals surface area contributed by atoms with Gasteiger partial charge in [0.25, 0.3) is 0 Å². The van der Waals surface area contributed by atoms with E-state index < -0.39 is 5.92 Å². The van der Waals surface area contributed by atoms with Crippen molar-refractivity contribution in [1.82, 2.24) is 0 Å². The predicted octanol–water partition coefficient (Wildman–Crippen LogP) is 6.56. The number of hydrogen-bond donors (Lipinski definition) is 1. The molecule has 4 aromatic rings. The smallest absolute Gasteiger partial charge is 0.203 e. The SMILES string of the molecule is COc1cc(N/C=C(/C(=O)c2ccccc2)[C@@H](C(=O)c2ccccc2)c2ccccc2)cc(OC)c1OC. The fraction of sp³-hybridized carbons (Fsp3) is 0.125. The van der Waals surface area contributed by atoms with Crippen LogP contribution in [0.3, 0.4) is 0 Å². The van der Waals surface area contributed by atoms with E-state index >= 15 is 0 Å². The lowest BCUT2D eigenvalue weighted by Gasteiger charge is -2.21. The second-order valence-corrected chi connectivity index (χ2v) is 8.43. The van der Waals surface area contributed by atoms with Gasteiger partial charge in [-0.15, -0.1) is 0 Å². The Bertz CT molecular complexity index is 1390. The topological polar surface area (TPSA) is 73.9 Å². The van der Waals surface area contributed by atoms with Gasteiger partial charge in [0, 0.05) is 40.7 Å². The van der Waals surface area contributed by atoms with Crippen molar-refractivity contribution >= 4 is 17.3 Å². The van der Waals surface area contributed by atoms with Crippen molar-refractivity contribution in [2.24, 2.45) is 0 Å². The molecule has 4 rings (SSSR count). The average Bonchev–Trinajstić information content (AvgIpc) is 2.99. The van der Waals surface area contributed by atoms with Gasteiger partial charge in [-0.1, -0.05) is 91.0 Å². The maximum Gasteiger partial charge on any atom is 0.203 e. The predicted molar refractivity (Wildman–Crippen MR) is 149 cm³/mol. The van der Waals surface area contributed by atoms with Crippen LogP contribution in [0.15, 0.2) is 115 Å². The van der Waals surface area contributed by atoms with E-state index in [0.717, 1.165) is 0 Å². The number of rotatable bonds is 11. The van der Waals surface area contributed by atoms with E-state index in [-0.39, 0.29) is 11.6 Å². The van der Waals surface area contributed by atoms with Gasteiger partial charge in [-0.05, 0) is 5.56 Å². The standard InChI is InChI=1S/C32H29NO5/c1-36-27-19-25(20-28(37-2)32(27)38-3)33-21-26(30(34)23-15-9-5-10-16-23)29(22-13-7-4-8-14-22)31(35)24-17-11-6-12-18-24/h4-21,29,33H,1-3H3/b26-21+/t29-/m0/s1. The maximum atomic E-state index is 13.9. The molecule has 0 saturated carbocycles. The first-order valence-electron chi connectivity index (χ1n) is 12.1. The molecule has 0 unspecified atom stereocenters. The van der Waals surface area contributed by atoms with E-state index in [1.54, 1.807) is 54.7 Å². The van der Waals surface area contributed by atoms with Gasteiger partial charge in [-0.2, -0.15) is 0 Å². The second-order valence-electron chi connectivity index (χ2n) is 8.43. The van der Waals surface area contributed by atoms with Gasteiger partial charge in [0.2, 0.25) is 5.75 Å². The molecule has 0 saturated heterocycles. The molecule has 1 N–H and O–H groups in total. The summed E-state index contributed by atoms with van der Waals surface area (Å²) < 4.78 is 16.4. The molecule has 0 bridgehead atoms. The van der Waals surface area contributed by atoms with E-state index in [4.69, 9.17) is 14.2 Å². The highest BCUT2D eigenvalue weighted by Crippen LogP contribution is 2.40. The number of carbonyl (C=O) groups is 2. The quantitative estimate of drug-likeness (QED) is 0.183. The van der Waals surface area contributed by atoms with E-state index in [9.17, 15) is 9.59 Å². The first-order chi connectivity index (χ1) is 18.6. The Labute approximate surface area is 222 Å². The highest BCUT2D eigenvalue weighted by atomic mass is 16.5. The molecule has 0 radical (unpaired) electrons. The lowest BCUT2D eigenvalue weighted by atomic mass is 9.81. The molecule has 38 heavy (non-hydrogen) atoms. The molecule has 0 fully saturated rings. The van der Waals surface area contributed by atoms with Gasteiger partial charge >= 0.3 is 0 Å². The highest BCUT2D eigenvalue weighted by molar-refractivity contribution is 6.16. The minimum atomic E-state index is -0.846. The molecule has 6 heteroatoms. The van der Waals surface area contributed by atoms with Crippen molar-refractivity contribution in [1.29, 1.82) is 0 Å². The summed E-state index contributed by atoms with van der Waals surface area (Å²) in [6.07, 6.45) is 1.59. The summed E-state index contributed by atoms with van der Waals surface area (Å²) in [7, 11) is 4.60. The number of benzene rings is 4. The van der Waals surface area contributed by atoms with Crippen LogP contribution in [0.5, 0.6) is 17.2 Å². The highest BCUT2D eigenvalue weighted by Gasteiger charge is 2.31. The fourth-order valence-electron chi connectivity index (χ4n) is 4.25. The van der Waals surface area contributed by atoms with Crippen molar-refractivity contribution in [3.05, 3.63) is 132 Å². The molecule has 0 amide bonds. The van der Waals surface area contributed by atoms with Gasteiger partial charge in [0.1, 0.15) is 0 Å². The summed E-state index contributed by atoms with van der Waals surface area (Å²) in [5.74, 6) is 0.0763. The third kappa shape index (κ3) is 5.76. The van der Waals surface area contributed by atoms with E-state index in [1.807, 2.05) is 54.6 Å². The normalized spacial score (nSPS) is 11.8. The van der Waals surface area contributed by atoms with Crippen LogP contribution < -0.4 is 19.5 Å². The van der Waals surface area contributed by atoms with Crippen molar-refractivity contribution in [3.63, 3.8) is 0 Å². The Balaban J connectivity index is 1.86. The number of nitrogens with one attached hydrogen (secondary N) is 1. The summed E-state index contributed by atoms with van der Waals surface area (Å²) in [6.45, 7) is 0. The van der Waals surface area contributed by atoms with Crippen LogP contribution in [0, 0.1) is 0 Å². The monoisotopic (exact) mass is 507 g/mol. The number of Topliss-reactive ketones (excluding diaryl/α,β-unsaturated/α-hetero) is 2. The summed E-state index contributed by atoms with van der Waals surface area (Å²) in [5, 5.41) is 3.20. The Morgan fingerprint density at radius 1 is 0.684 bits per heavy atom. The first-order valence-corrected chi connectivity index (χ1v) is 12.1. The Kier molecular flexibility index (Phi) is 8.57. The van der Waals surface area contributed by atoms with E-state index in [2.05, 4.69) is 5.32 Å². The minimum absolute atomic E-state index is 0.181. The summed E-state index contributed by atoms with van der Waals surface area (Å²) in [6, 6.07) is 30.7. The molecule has 0 aliphatic rings. The maximum absolute atomic E-state index is 13.9. The Morgan fingerprint density at radius 3 is 1.68 bits per heavy atom. The molecule has 192 valence electrons. The minimum Gasteiger partial charge on any atom is -0.493 e. The largest absolute Gasteiger partial charge is 0.493 e. The lowest BCUT2D eigenvalue weighted by molar-refractivity contribution is 0.0940. The van der Waals surface area contributed by atoms with Crippen LogP contribution in [0.2, 0.25) is 0 Å². The Morgan fingerprint density at radius 2 is 1.18 bits per heavy atom. The molecule has 0 spiro atoms. The van der Waals surface area contributed by atoms with Crippen LogP contribution in [0.1, 0.15) is 32.2 Å². The van der Waals surface area contributed by atoms with Crippen LogP contribution in [-0.2, 0) is 0 Å².